The normalized spacial score (nSPS) is 11.2. The van der Waals surface area contributed by atoms with Gasteiger partial charge in [-0.1, -0.05) is 13.3 Å². The summed E-state index contributed by atoms with van der Waals surface area (Å²) in [5.74, 6) is -0.486. The van der Waals surface area contributed by atoms with Crippen LogP contribution in [0.1, 0.15) is 30.1 Å². The number of unbranched alkanes of at least 4 members (excludes halogenated alkanes) is 1. The summed E-state index contributed by atoms with van der Waals surface area (Å²) in [5, 5.41) is 7.68. The van der Waals surface area contributed by atoms with Gasteiger partial charge in [0.15, 0.2) is 0 Å². The first-order valence-electron chi connectivity index (χ1n) is 5.56. The number of carbonyl (C=O) groups is 1. The predicted octanol–water partition coefficient (Wildman–Crippen LogP) is 0.446. The number of nitrogens with one attached hydrogen (secondary N) is 1. The van der Waals surface area contributed by atoms with E-state index in [9.17, 15) is 13.2 Å². The van der Waals surface area contributed by atoms with Gasteiger partial charge in [0.2, 0.25) is 10.0 Å². The summed E-state index contributed by atoms with van der Waals surface area (Å²) in [7, 11) is -3.94. The number of nitrogens with two attached hydrogens (primary N) is 2. The predicted molar refractivity (Wildman–Crippen MR) is 69.5 cm³/mol. The molecular weight excluding hydrogens is 254 g/mol. The van der Waals surface area contributed by atoms with Crippen LogP contribution in [0.4, 0.5) is 5.69 Å². The monoisotopic (exact) mass is 271 g/mol. The molecule has 0 saturated heterocycles. The van der Waals surface area contributed by atoms with Crippen LogP contribution in [0.3, 0.4) is 0 Å². The third-order valence-corrected chi connectivity index (χ3v) is 3.34. The first-order valence-corrected chi connectivity index (χ1v) is 7.11. The second kappa shape index (κ2) is 5.83. The van der Waals surface area contributed by atoms with Crippen LogP contribution >= 0.6 is 0 Å². The van der Waals surface area contributed by atoms with Gasteiger partial charge in [-0.05, 0) is 24.6 Å². The van der Waals surface area contributed by atoms with Gasteiger partial charge >= 0.3 is 0 Å². The fraction of sp³-hybridized carbons (Fsp3) is 0.364. The molecule has 0 saturated carbocycles. The quantitative estimate of drug-likeness (QED) is 0.532. The van der Waals surface area contributed by atoms with E-state index in [1.807, 2.05) is 6.92 Å². The summed E-state index contributed by atoms with van der Waals surface area (Å²) in [6.07, 6.45) is 1.75. The van der Waals surface area contributed by atoms with E-state index in [1.54, 1.807) is 0 Å². The molecule has 0 aliphatic carbocycles. The number of amides is 1. The largest absolute Gasteiger partial charge is 0.399 e. The molecular formula is C11H17N3O3S. The highest BCUT2D eigenvalue weighted by Gasteiger charge is 2.19. The molecule has 0 radical (unpaired) electrons. The molecule has 0 unspecified atom stereocenters. The maximum Gasteiger partial charge on any atom is 0.252 e. The number of nitrogen functional groups attached to an aromatic ring is 1. The van der Waals surface area contributed by atoms with Crippen molar-refractivity contribution < 1.29 is 13.2 Å². The average Bonchev–Trinajstić information content (AvgIpc) is 2.27. The van der Waals surface area contributed by atoms with Crippen molar-refractivity contribution in [2.45, 2.75) is 24.7 Å². The first kappa shape index (κ1) is 14.5. The Balaban J connectivity index is 3.06. The van der Waals surface area contributed by atoms with Crippen LogP contribution in [0.2, 0.25) is 0 Å². The molecule has 1 amide bonds. The average molecular weight is 271 g/mol. The van der Waals surface area contributed by atoms with E-state index >= 15 is 0 Å². The van der Waals surface area contributed by atoms with E-state index in [2.05, 4.69) is 5.32 Å². The molecule has 100 valence electrons. The van der Waals surface area contributed by atoms with E-state index in [0.29, 0.717) is 12.2 Å². The zero-order valence-corrected chi connectivity index (χ0v) is 11.0. The molecule has 0 bridgehead atoms. The Kier molecular flexibility index (Phi) is 4.69. The number of benzene rings is 1. The maximum atomic E-state index is 11.9. The lowest BCUT2D eigenvalue weighted by Gasteiger charge is -2.09. The van der Waals surface area contributed by atoms with E-state index in [-0.39, 0.29) is 10.5 Å². The minimum atomic E-state index is -3.94. The smallest absolute Gasteiger partial charge is 0.252 e. The van der Waals surface area contributed by atoms with Gasteiger partial charge in [-0.25, -0.2) is 13.6 Å². The van der Waals surface area contributed by atoms with Crippen molar-refractivity contribution in [1.29, 1.82) is 0 Å². The topological polar surface area (TPSA) is 115 Å². The van der Waals surface area contributed by atoms with Crippen LogP contribution in [0.15, 0.2) is 23.1 Å². The summed E-state index contributed by atoms with van der Waals surface area (Å²) in [4.78, 5) is 11.6. The van der Waals surface area contributed by atoms with Crippen molar-refractivity contribution in [1.82, 2.24) is 5.32 Å². The van der Waals surface area contributed by atoms with Crippen LogP contribution in [0, 0.1) is 0 Å². The van der Waals surface area contributed by atoms with Crippen LogP contribution in [0.25, 0.3) is 0 Å². The lowest BCUT2D eigenvalue weighted by Crippen LogP contribution is -2.27. The molecule has 0 atom stereocenters. The standard InChI is InChI=1S/C11H17N3O3S/c1-2-3-6-14-11(15)9-7-8(12)4-5-10(9)18(13,16)17/h4-5,7H,2-3,6,12H2,1H3,(H,14,15)(H2,13,16,17). The number of anilines is 1. The van der Waals surface area contributed by atoms with Crippen LogP contribution in [-0.4, -0.2) is 20.9 Å². The molecule has 0 aliphatic heterocycles. The second-order valence-electron chi connectivity index (χ2n) is 3.91. The Bertz CT molecular complexity index is 540. The molecule has 0 spiro atoms. The number of rotatable bonds is 5. The highest BCUT2D eigenvalue weighted by molar-refractivity contribution is 7.89. The van der Waals surface area contributed by atoms with Crippen LogP contribution in [-0.2, 0) is 10.0 Å². The Morgan fingerprint density at radius 3 is 2.61 bits per heavy atom. The minimum absolute atomic E-state index is 0.0198. The summed E-state index contributed by atoms with van der Waals surface area (Å²) >= 11 is 0. The fourth-order valence-electron chi connectivity index (χ4n) is 1.45. The molecule has 0 fully saturated rings. The number of sulfonamides is 1. The van der Waals surface area contributed by atoms with Crippen LogP contribution in [0.5, 0.6) is 0 Å². The molecule has 0 aromatic heterocycles. The Hall–Kier alpha value is -1.60. The van der Waals surface area contributed by atoms with Crippen LogP contribution < -0.4 is 16.2 Å². The summed E-state index contributed by atoms with van der Waals surface area (Å²) in [6.45, 7) is 2.47. The molecule has 18 heavy (non-hydrogen) atoms. The van der Waals surface area contributed by atoms with Gasteiger partial charge in [-0.2, -0.15) is 0 Å². The minimum Gasteiger partial charge on any atom is -0.399 e. The molecule has 1 rings (SSSR count). The van der Waals surface area contributed by atoms with Gasteiger partial charge in [0.25, 0.3) is 5.91 Å². The number of hydrogen-bond acceptors (Lipinski definition) is 4. The molecule has 1 aromatic rings. The van der Waals surface area contributed by atoms with Crippen molar-refractivity contribution in [3.8, 4) is 0 Å². The van der Waals surface area contributed by atoms with Crippen molar-refractivity contribution in [3.63, 3.8) is 0 Å². The van der Waals surface area contributed by atoms with E-state index in [0.717, 1.165) is 12.8 Å². The van der Waals surface area contributed by atoms with Crippen molar-refractivity contribution in [3.05, 3.63) is 23.8 Å². The lowest BCUT2D eigenvalue weighted by molar-refractivity contribution is 0.0950. The summed E-state index contributed by atoms with van der Waals surface area (Å²) in [5.41, 5.74) is 5.84. The van der Waals surface area contributed by atoms with Gasteiger partial charge in [-0.3, -0.25) is 4.79 Å². The number of carbonyl (C=O) groups excluding carboxylic acids is 1. The molecule has 1 aromatic carbocycles. The zero-order valence-electron chi connectivity index (χ0n) is 10.1. The van der Waals surface area contributed by atoms with Crippen molar-refractivity contribution >= 4 is 21.6 Å². The first-order chi connectivity index (χ1) is 8.36. The maximum absolute atomic E-state index is 11.9. The SMILES string of the molecule is CCCCNC(=O)c1cc(N)ccc1S(N)(=O)=O. The number of hydrogen-bond donors (Lipinski definition) is 3. The van der Waals surface area contributed by atoms with Gasteiger partial charge in [-0.15, -0.1) is 0 Å². The molecule has 0 aliphatic rings. The van der Waals surface area contributed by atoms with Crippen molar-refractivity contribution in [2.75, 3.05) is 12.3 Å². The third-order valence-electron chi connectivity index (χ3n) is 2.37. The highest BCUT2D eigenvalue weighted by atomic mass is 32.2. The van der Waals surface area contributed by atoms with E-state index in [1.165, 1.54) is 18.2 Å². The molecule has 5 N–H and O–H groups in total. The van der Waals surface area contributed by atoms with E-state index in [4.69, 9.17) is 10.9 Å². The van der Waals surface area contributed by atoms with Gasteiger partial charge in [0, 0.05) is 12.2 Å². The summed E-state index contributed by atoms with van der Waals surface area (Å²) < 4.78 is 22.7. The molecule has 0 heterocycles. The highest BCUT2D eigenvalue weighted by Crippen LogP contribution is 2.17. The third kappa shape index (κ3) is 3.71. The molecule has 7 heteroatoms. The lowest BCUT2D eigenvalue weighted by atomic mass is 10.2. The van der Waals surface area contributed by atoms with Crippen molar-refractivity contribution in [2.24, 2.45) is 5.14 Å². The zero-order chi connectivity index (χ0) is 13.8. The number of primary sulfonamides is 1. The van der Waals surface area contributed by atoms with Gasteiger partial charge < -0.3 is 11.1 Å². The van der Waals surface area contributed by atoms with Gasteiger partial charge in [0.05, 0.1) is 10.5 Å². The Morgan fingerprint density at radius 1 is 1.39 bits per heavy atom. The van der Waals surface area contributed by atoms with Gasteiger partial charge in [0.1, 0.15) is 0 Å². The second-order valence-corrected chi connectivity index (χ2v) is 5.44. The Morgan fingerprint density at radius 2 is 2.06 bits per heavy atom. The fourth-order valence-corrected chi connectivity index (χ4v) is 2.16. The Labute approximate surface area is 106 Å². The molecule has 6 nitrogen and oxygen atoms in total. The van der Waals surface area contributed by atoms with E-state index < -0.39 is 15.9 Å². The summed E-state index contributed by atoms with van der Waals surface area (Å²) in [6, 6.07) is 3.93.